The van der Waals surface area contributed by atoms with Crippen LogP contribution in [0.15, 0.2) is 79.0 Å². The number of ketones is 1. The van der Waals surface area contributed by atoms with E-state index in [0.717, 1.165) is 70.3 Å². The summed E-state index contributed by atoms with van der Waals surface area (Å²) < 4.78 is 17.2. The van der Waals surface area contributed by atoms with Gasteiger partial charge >= 0.3 is 5.97 Å². The van der Waals surface area contributed by atoms with Gasteiger partial charge in [-0.1, -0.05) is 62.4 Å². The van der Waals surface area contributed by atoms with Crippen LogP contribution in [0, 0.1) is 12.8 Å². The van der Waals surface area contributed by atoms with Crippen LogP contribution in [0.5, 0.6) is 5.75 Å². The van der Waals surface area contributed by atoms with E-state index in [0.29, 0.717) is 45.2 Å². The first kappa shape index (κ1) is 39.2. The minimum atomic E-state index is -0.981. The van der Waals surface area contributed by atoms with Crippen molar-refractivity contribution in [3.63, 3.8) is 0 Å². The van der Waals surface area contributed by atoms with Crippen LogP contribution >= 0.6 is 0 Å². The number of pyridine rings is 1. The lowest BCUT2D eigenvalue weighted by Gasteiger charge is -2.16. The largest absolute Gasteiger partial charge is 0.491 e. The number of nitrogens with zero attached hydrogens (tertiary/aromatic N) is 1. The molecule has 0 aliphatic heterocycles. The number of carbonyl (C=O) groups excluding carboxylic acids is 2. The Morgan fingerprint density at radius 2 is 1.61 bits per heavy atom. The topological polar surface area (TPSA) is 124 Å². The molecule has 3 aromatic carbocycles. The third-order valence-corrected chi connectivity index (χ3v) is 8.69. The summed E-state index contributed by atoms with van der Waals surface area (Å²) in [5.41, 5.74) is 4.91. The number of aromatic nitrogens is 1. The summed E-state index contributed by atoms with van der Waals surface area (Å²) in [6.45, 7) is 9.01. The van der Waals surface area contributed by atoms with Crippen molar-refractivity contribution in [3.8, 4) is 16.9 Å². The Bertz CT molecular complexity index is 1700. The van der Waals surface area contributed by atoms with Crippen molar-refractivity contribution in [2.75, 3.05) is 39.6 Å². The molecule has 272 valence electrons. The number of hydrogen-bond acceptors (Lipinski definition) is 7. The molecule has 0 aliphatic carbocycles. The Balaban J connectivity index is 1.28. The van der Waals surface area contributed by atoms with E-state index in [4.69, 9.17) is 14.2 Å². The van der Waals surface area contributed by atoms with Gasteiger partial charge in [-0.25, -0.2) is 0 Å². The molecule has 1 amide bonds. The van der Waals surface area contributed by atoms with Gasteiger partial charge in [-0.2, -0.15) is 0 Å². The third kappa shape index (κ3) is 13.9. The van der Waals surface area contributed by atoms with Crippen LogP contribution in [0.3, 0.4) is 0 Å². The van der Waals surface area contributed by atoms with Crippen molar-refractivity contribution in [1.29, 1.82) is 0 Å². The molecular formula is C42H52N2O7. The number of unbranched alkanes of at least 4 members (excludes halogenated alkanes) is 1. The highest BCUT2D eigenvalue weighted by Crippen LogP contribution is 2.33. The van der Waals surface area contributed by atoms with Crippen molar-refractivity contribution >= 4 is 28.4 Å². The number of carboxylic acids is 1. The lowest BCUT2D eigenvalue weighted by atomic mass is 9.89. The number of fused-ring (bicyclic) bond motifs is 1. The molecule has 0 aliphatic rings. The SMILES string of the molecule is Cc1ccnc(CCCCC(=O)NCC(=O)C[C@@H](CC(=O)O)c2ccc(-c3cccc4ccc(OCCOCCOCCC(C)C)cc34)cc2)c1. The van der Waals surface area contributed by atoms with Crippen LogP contribution in [0.2, 0.25) is 0 Å². The summed E-state index contributed by atoms with van der Waals surface area (Å²) in [6, 6.07) is 23.8. The molecule has 0 radical (unpaired) electrons. The molecular weight excluding hydrogens is 644 g/mol. The van der Waals surface area contributed by atoms with Gasteiger partial charge in [0.2, 0.25) is 5.91 Å². The molecule has 0 saturated carbocycles. The number of carbonyl (C=O) groups is 3. The van der Waals surface area contributed by atoms with E-state index in [1.54, 1.807) is 6.20 Å². The Labute approximate surface area is 301 Å². The molecule has 9 heteroatoms. The summed E-state index contributed by atoms with van der Waals surface area (Å²) in [5.74, 6) is -0.508. The highest BCUT2D eigenvalue weighted by Gasteiger charge is 2.20. The number of benzene rings is 3. The van der Waals surface area contributed by atoms with Gasteiger partial charge in [-0.15, -0.1) is 0 Å². The average molecular weight is 697 g/mol. The van der Waals surface area contributed by atoms with Crippen LogP contribution in [-0.4, -0.2) is 67.3 Å². The quantitative estimate of drug-likeness (QED) is 0.0756. The second kappa shape index (κ2) is 20.9. The lowest BCUT2D eigenvalue weighted by molar-refractivity contribution is -0.137. The number of carboxylic acid groups (broad SMARTS) is 1. The maximum Gasteiger partial charge on any atom is 0.303 e. The number of nitrogens with one attached hydrogen (secondary N) is 1. The highest BCUT2D eigenvalue weighted by molar-refractivity contribution is 5.97. The number of aliphatic carboxylic acids is 1. The predicted molar refractivity (Wildman–Crippen MR) is 200 cm³/mol. The summed E-state index contributed by atoms with van der Waals surface area (Å²) in [4.78, 5) is 41.3. The second-order valence-corrected chi connectivity index (χ2v) is 13.4. The standard InChI is InChI=1S/C42H52N2O7/c1-30(2)18-20-49-21-22-50-23-24-51-38-16-15-33-7-6-9-39(40(33)28-38)34-13-11-32(12-14-34)35(27-42(47)48)26-37(45)29-44-41(46)10-5-4-8-36-25-31(3)17-19-43-36/h6-7,9,11-17,19,25,28,30,35H,4-5,8,10,18,20-24,26-27,29H2,1-3H3,(H,44,46)(H,47,48)/t35-/m0/s1. The molecule has 0 fully saturated rings. The van der Waals surface area contributed by atoms with Crippen molar-refractivity contribution in [3.05, 3.63) is 95.8 Å². The molecule has 0 saturated heterocycles. The molecule has 9 nitrogen and oxygen atoms in total. The molecule has 0 spiro atoms. The van der Waals surface area contributed by atoms with Crippen molar-refractivity contribution in [1.82, 2.24) is 10.3 Å². The number of amides is 1. The zero-order valence-corrected chi connectivity index (χ0v) is 30.2. The van der Waals surface area contributed by atoms with Crippen LogP contribution in [0.1, 0.15) is 75.1 Å². The zero-order valence-electron chi connectivity index (χ0n) is 30.2. The van der Waals surface area contributed by atoms with Crippen molar-refractivity contribution in [2.24, 2.45) is 5.92 Å². The van der Waals surface area contributed by atoms with Crippen LogP contribution in [-0.2, 0) is 30.3 Å². The van der Waals surface area contributed by atoms with Gasteiger partial charge < -0.3 is 24.6 Å². The molecule has 4 aromatic rings. The van der Waals surface area contributed by atoms with Gasteiger partial charge in [-0.3, -0.25) is 19.4 Å². The van der Waals surface area contributed by atoms with Gasteiger partial charge in [0.1, 0.15) is 12.4 Å². The zero-order chi connectivity index (χ0) is 36.4. The fourth-order valence-corrected chi connectivity index (χ4v) is 5.87. The Morgan fingerprint density at radius 3 is 2.35 bits per heavy atom. The first-order chi connectivity index (χ1) is 24.7. The first-order valence-electron chi connectivity index (χ1n) is 18.0. The van der Waals surface area contributed by atoms with E-state index >= 15 is 0 Å². The van der Waals surface area contributed by atoms with E-state index in [1.165, 1.54) is 0 Å². The monoisotopic (exact) mass is 696 g/mol. The molecule has 1 aromatic heterocycles. The van der Waals surface area contributed by atoms with E-state index in [-0.39, 0.29) is 31.1 Å². The maximum absolute atomic E-state index is 12.9. The number of ether oxygens (including phenoxy) is 3. The number of aryl methyl sites for hydroxylation is 2. The lowest BCUT2D eigenvalue weighted by Crippen LogP contribution is -2.30. The fraction of sp³-hybridized carbons (Fsp3) is 0.429. The normalized spacial score (nSPS) is 11.8. The molecule has 51 heavy (non-hydrogen) atoms. The van der Waals surface area contributed by atoms with E-state index < -0.39 is 11.9 Å². The summed E-state index contributed by atoms with van der Waals surface area (Å²) in [7, 11) is 0. The summed E-state index contributed by atoms with van der Waals surface area (Å²) in [6.07, 6.45) is 5.31. The number of rotatable bonds is 23. The van der Waals surface area contributed by atoms with Gasteiger partial charge in [0, 0.05) is 37.3 Å². The smallest absolute Gasteiger partial charge is 0.303 e. The van der Waals surface area contributed by atoms with Crippen LogP contribution < -0.4 is 10.1 Å². The third-order valence-electron chi connectivity index (χ3n) is 8.69. The maximum atomic E-state index is 12.9. The Hall–Kier alpha value is -4.60. The number of hydrogen-bond donors (Lipinski definition) is 2. The van der Waals surface area contributed by atoms with E-state index in [9.17, 15) is 19.5 Å². The Morgan fingerprint density at radius 1 is 0.843 bits per heavy atom. The minimum Gasteiger partial charge on any atom is -0.491 e. The number of Topliss-reactive ketones (excluding diaryl/α,β-unsaturated/α-hetero) is 1. The van der Waals surface area contributed by atoms with Crippen LogP contribution in [0.4, 0.5) is 0 Å². The Kier molecular flexibility index (Phi) is 16.1. The minimum absolute atomic E-state index is 0.0226. The van der Waals surface area contributed by atoms with Gasteiger partial charge in [-0.05, 0) is 95.8 Å². The first-order valence-corrected chi connectivity index (χ1v) is 18.0. The molecule has 1 atom stereocenters. The summed E-state index contributed by atoms with van der Waals surface area (Å²) >= 11 is 0. The molecule has 0 unspecified atom stereocenters. The van der Waals surface area contributed by atoms with Crippen molar-refractivity contribution in [2.45, 2.75) is 71.6 Å². The molecule has 4 rings (SSSR count). The molecule has 0 bridgehead atoms. The average Bonchev–Trinajstić information content (AvgIpc) is 3.11. The van der Waals surface area contributed by atoms with E-state index in [1.807, 2.05) is 73.7 Å². The van der Waals surface area contributed by atoms with Gasteiger partial charge in [0.25, 0.3) is 0 Å². The van der Waals surface area contributed by atoms with Crippen LogP contribution in [0.25, 0.3) is 21.9 Å². The van der Waals surface area contributed by atoms with E-state index in [2.05, 4.69) is 30.2 Å². The summed E-state index contributed by atoms with van der Waals surface area (Å²) in [5, 5.41) is 14.4. The fourth-order valence-electron chi connectivity index (χ4n) is 5.87. The molecule has 2 N–H and O–H groups in total. The molecule has 1 heterocycles. The highest BCUT2D eigenvalue weighted by atomic mass is 16.5. The van der Waals surface area contributed by atoms with Gasteiger partial charge in [0.05, 0.1) is 32.8 Å². The van der Waals surface area contributed by atoms with Gasteiger partial charge in [0.15, 0.2) is 5.78 Å². The van der Waals surface area contributed by atoms with Crippen molar-refractivity contribution < 1.29 is 33.7 Å². The predicted octanol–water partition coefficient (Wildman–Crippen LogP) is 7.72. The second-order valence-electron chi connectivity index (χ2n) is 13.4.